The van der Waals surface area contributed by atoms with Crippen LogP contribution in [0.25, 0.3) is 0 Å². The Labute approximate surface area is 125 Å². The van der Waals surface area contributed by atoms with Crippen molar-refractivity contribution >= 4 is 0 Å². The number of ether oxygens (including phenoxy) is 2. The van der Waals surface area contributed by atoms with Gasteiger partial charge in [0.05, 0.1) is 12.5 Å². The van der Waals surface area contributed by atoms with Gasteiger partial charge < -0.3 is 9.47 Å². The number of allylic oxidation sites excluding steroid dienone is 1. The molecular weight excluding hydrogens is 262 g/mol. The largest absolute Gasteiger partial charge is 0.426 e. The van der Waals surface area contributed by atoms with Crippen LogP contribution in [0.5, 0.6) is 11.5 Å². The summed E-state index contributed by atoms with van der Waals surface area (Å²) in [5.41, 5.74) is 0.838. The quantitative estimate of drug-likeness (QED) is 0.721. The van der Waals surface area contributed by atoms with Gasteiger partial charge in [-0.2, -0.15) is 5.26 Å². The molecule has 0 saturated carbocycles. The molecule has 0 fully saturated rings. The van der Waals surface area contributed by atoms with Crippen LogP contribution < -0.4 is 9.47 Å². The third-order valence-corrected chi connectivity index (χ3v) is 2.92. The average molecular weight is 279 g/mol. The van der Waals surface area contributed by atoms with Gasteiger partial charge in [-0.1, -0.05) is 43.3 Å². The molecule has 0 bridgehead atoms. The van der Waals surface area contributed by atoms with Gasteiger partial charge in [0.15, 0.2) is 0 Å². The summed E-state index contributed by atoms with van der Waals surface area (Å²) in [6, 6.07) is 21.0. The van der Waals surface area contributed by atoms with Gasteiger partial charge >= 0.3 is 0 Å². The average Bonchev–Trinajstić information content (AvgIpc) is 2.54. The molecule has 0 aliphatic carbocycles. The number of para-hydroxylation sites is 2. The van der Waals surface area contributed by atoms with Crippen molar-refractivity contribution in [3.63, 3.8) is 0 Å². The van der Waals surface area contributed by atoms with E-state index < -0.39 is 0 Å². The summed E-state index contributed by atoms with van der Waals surface area (Å²) < 4.78 is 11.7. The lowest BCUT2D eigenvalue weighted by atomic mass is 10.1. The summed E-state index contributed by atoms with van der Waals surface area (Å²) >= 11 is 0. The molecule has 0 heterocycles. The molecular formula is C18H17NO2. The van der Waals surface area contributed by atoms with E-state index in [1.165, 1.54) is 0 Å². The highest BCUT2D eigenvalue weighted by molar-refractivity contribution is 5.27. The molecule has 0 unspecified atom stereocenters. The second-order valence-electron chi connectivity index (χ2n) is 4.41. The second kappa shape index (κ2) is 7.76. The molecule has 3 heteroatoms. The highest BCUT2D eigenvalue weighted by Crippen LogP contribution is 2.22. The van der Waals surface area contributed by atoms with Gasteiger partial charge in [-0.25, -0.2) is 0 Å². The minimum absolute atomic E-state index is 0.283. The van der Waals surface area contributed by atoms with Gasteiger partial charge in [-0.3, -0.25) is 0 Å². The Hall–Kier alpha value is -2.73. The molecule has 21 heavy (non-hydrogen) atoms. The minimum atomic E-state index is 0.283. The molecule has 0 spiro atoms. The van der Waals surface area contributed by atoms with Crippen LogP contribution in [0.4, 0.5) is 0 Å². The molecule has 0 aromatic heterocycles. The molecule has 0 saturated heterocycles. The van der Waals surface area contributed by atoms with E-state index in [1.807, 2.05) is 67.6 Å². The Bertz CT molecular complexity index is 584. The van der Waals surface area contributed by atoms with Crippen molar-refractivity contribution in [2.45, 2.75) is 19.8 Å². The van der Waals surface area contributed by atoms with Gasteiger partial charge in [0.25, 0.3) is 5.95 Å². The van der Waals surface area contributed by atoms with E-state index in [-0.39, 0.29) is 6.42 Å². The van der Waals surface area contributed by atoms with E-state index in [9.17, 15) is 0 Å². The summed E-state index contributed by atoms with van der Waals surface area (Å²) in [5, 5.41) is 8.95. The number of rotatable bonds is 6. The van der Waals surface area contributed by atoms with E-state index in [2.05, 4.69) is 6.07 Å². The third kappa shape index (κ3) is 4.39. The summed E-state index contributed by atoms with van der Waals surface area (Å²) in [6.45, 7) is 1.98. The maximum Gasteiger partial charge on any atom is 0.290 e. The van der Waals surface area contributed by atoms with Crippen molar-refractivity contribution in [1.29, 1.82) is 5.26 Å². The molecule has 3 nitrogen and oxygen atoms in total. The highest BCUT2D eigenvalue weighted by atomic mass is 16.7. The van der Waals surface area contributed by atoms with Crippen molar-refractivity contribution in [1.82, 2.24) is 0 Å². The molecule has 0 aliphatic rings. The normalized spacial score (nSPS) is 9.52. The van der Waals surface area contributed by atoms with Crippen molar-refractivity contribution in [3.05, 3.63) is 72.2 Å². The van der Waals surface area contributed by atoms with Gasteiger partial charge in [0, 0.05) is 5.57 Å². The van der Waals surface area contributed by atoms with Crippen LogP contribution >= 0.6 is 0 Å². The molecule has 2 aromatic carbocycles. The number of nitriles is 1. The topological polar surface area (TPSA) is 42.2 Å². The smallest absolute Gasteiger partial charge is 0.290 e. The fourth-order valence-electron chi connectivity index (χ4n) is 1.79. The number of hydrogen-bond acceptors (Lipinski definition) is 3. The maximum atomic E-state index is 8.95. The molecule has 0 aliphatic heterocycles. The lowest BCUT2D eigenvalue weighted by Gasteiger charge is -2.14. The molecule has 2 rings (SSSR count). The van der Waals surface area contributed by atoms with Crippen LogP contribution in [0, 0.1) is 11.3 Å². The molecule has 0 atom stereocenters. The predicted octanol–water partition coefficient (Wildman–Crippen LogP) is 4.68. The zero-order valence-electron chi connectivity index (χ0n) is 12.0. The van der Waals surface area contributed by atoms with Crippen molar-refractivity contribution in [2.24, 2.45) is 0 Å². The van der Waals surface area contributed by atoms with Crippen molar-refractivity contribution < 1.29 is 9.47 Å². The fraction of sp³-hybridized carbons (Fsp3) is 0.167. The summed E-state index contributed by atoms with van der Waals surface area (Å²) in [4.78, 5) is 0. The standard InChI is InChI=1S/C18H17NO2/c1-2-15(13-14-19)18(20-16-9-5-3-6-10-16)21-17-11-7-4-8-12-17/h3-12H,2,13H2,1H3. The monoisotopic (exact) mass is 279 g/mol. The van der Waals surface area contributed by atoms with Gasteiger partial charge in [-0.05, 0) is 30.7 Å². The Balaban J connectivity index is 2.28. The maximum absolute atomic E-state index is 8.95. The predicted molar refractivity (Wildman–Crippen MR) is 81.7 cm³/mol. The van der Waals surface area contributed by atoms with E-state index in [4.69, 9.17) is 14.7 Å². The Morgan fingerprint density at radius 2 is 1.38 bits per heavy atom. The van der Waals surface area contributed by atoms with Crippen LogP contribution in [0.1, 0.15) is 19.8 Å². The number of nitrogens with zero attached hydrogens (tertiary/aromatic N) is 1. The Morgan fingerprint density at radius 3 is 1.76 bits per heavy atom. The first kappa shape index (κ1) is 14.7. The van der Waals surface area contributed by atoms with E-state index >= 15 is 0 Å². The SMILES string of the molecule is CCC(CC#N)=C(Oc1ccccc1)Oc1ccccc1. The summed E-state index contributed by atoms with van der Waals surface area (Å²) in [6.07, 6.45) is 0.980. The second-order valence-corrected chi connectivity index (χ2v) is 4.41. The van der Waals surface area contributed by atoms with Gasteiger partial charge in [-0.15, -0.1) is 0 Å². The lowest BCUT2D eigenvalue weighted by Crippen LogP contribution is -2.08. The Morgan fingerprint density at radius 1 is 0.905 bits per heavy atom. The van der Waals surface area contributed by atoms with Gasteiger partial charge in [0.1, 0.15) is 11.5 Å². The lowest BCUT2D eigenvalue weighted by molar-refractivity contribution is 0.218. The van der Waals surface area contributed by atoms with E-state index in [1.54, 1.807) is 0 Å². The number of hydrogen-bond donors (Lipinski definition) is 0. The third-order valence-electron chi connectivity index (χ3n) is 2.92. The molecule has 0 amide bonds. The highest BCUT2D eigenvalue weighted by Gasteiger charge is 2.11. The Kier molecular flexibility index (Phi) is 5.42. The molecule has 0 radical (unpaired) electrons. The van der Waals surface area contributed by atoms with Crippen LogP contribution in [-0.4, -0.2) is 0 Å². The minimum Gasteiger partial charge on any atom is -0.426 e. The van der Waals surface area contributed by atoms with Crippen LogP contribution in [0.2, 0.25) is 0 Å². The molecule has 0 N–H and O–H groups in total. The van der Waals surface area contributed by atoms with Crippen LogP contribution in [0.3, 0.4) is 0 Å². The van der Waals surface area contributed by atoms with Crippen molar-refractivity contribution in [3.8, 4) is 17.6 Å². The van der Waals surface area contributed by atoms with Crippen LogP contribution in [0.15, 0.2) is 72.2 Å². The zero-order valence-corrected chi connectivity index (χ0v) is 12.0. The summed E-state index contributed by atoms with van der Waals surface area (Å²) in [5.74, 6) is 1.76. The first-order valence-electron chi connectivity index (χ1n) is 6.88. The van der Waals surface area contributed by atoms with E-state index in [0.29, 0.717) is 23.9 Å². The first-order valence-corrected chi connectivity index (χ1v) is 6.88. The molecule has 106 valence electrons. The van der Waals surface area contributed by atoms with Gasteiger partial charge in [0.2, 0.25) is 0 Å². The fourth-order valence-corrected chi connectivity index (χ4v) is 1.79. The van der Waals surface area contributed by atoms with Crippen molar-refractivity contribution in [2.75, 3.05) is 0 Å². The van der Waals surface area contributed by atoms with Crippen LogP contribution in [-0.2, 0) is 0 Å². The zero-order chi connectivity index (χ0) is 14.9. The van der Waals surface area contributed by atoms with E-state index in [0.717, 1.165) is 5.57 Å². The first-order chi connectivity index (χ1) is 10.3. The molecule has 2 aromatic rings. The number of benzene rings is 2. The summed E-state index contributed by atoms with van der Waals surface area (Å²) in [7, 11) is 0.